The summed E-state index contributed by atoms with van der Waals surface area (Å²) in [7, 11) is 0. The van der Waals surface area contributed by atoms with Crippen LogP contribution < -0.4 is 0 Å². The standard InChI is InChI=1S/C9H10S/c1-3-8-5-4-6-9(10)7(8)2/h3-6,10H,1H2,2H3. The van der Waals surface area contributed by atoms with Crippen molar-refractivity contribution in [2.75, 3.05) is 0 Å². The van der Waals surface area contributed by atoms with Crippen molar-refractivity contribution in [3.05, 3.63) is 35.9 Å². The van der Waals surface area contributed by atoms with Gasteiger partial charge in [-0.1, -0.05) is 24.8 Å². The Labute approximate surface area is 67.0 Å². The highest BCUT2D eigenvalue weighted by atomic mass is 32.1. The Hall–Kier alpha value is -0.690. The zero-order chi connectivity index (χ0) is 7.56. The van der Waals surface area contributed by atoms with Crippen LogP contribution in [-0.4, -0.2) is 0 Å². The van der Waals surface area contributed by atoms with Crippen molar-refractivity contribution in [1.29, 1.82) is 0 Å². The van der Waals surface area contributed by atoms with E-state index in [1.807, 2.05) is 31.2 Å². The van der Waals surface area contributed by atoms with E-state index in [1.165, 1.54) is 5.56 Å². The lowest BCUT2D eigenvalue weighted by Gasteiger charge is -2.01. The smallest absolute Gasteiger partial charge is 0.00751 e. The third-order valence-electron chi connectivity index (χ3n) is 1.57. The van der Waals surface area contributed by atoms with Gasteiger partial charge in [-0.05, 0) is 24.1 Å². The molecule has 0 atom stereocenters. The molecule has 0 nitrogen and oxygen atoms in total. The second-order valence-corrected chi connectivity index (χ2v) is 2.68. The second-order valence-electron chi connectivity index (χ2n) is 2.20. The van der Waals surface area contributed by atoms with Gasteiger partial charge in [0, 0.05) is 4.90 Å². The summed E-state index contributed by atoms with van der Waals surface area (Å²) >= 11 is 4.27. The summed E-state index contributed by atoms with van der Waals surface area (Å²) in [6, 6.07) is 5.99. The minimum atomic E-state index is 1.03. The van der Waals surface area contributed by atoms with Gasteiger partial charge in [0.1, 0.15) is 0 Å². The SMILES string of the molecule is C=Cc1cccc(S)c1C. The van der Waals surface area contributed by atoms with E-state index < -0.39 is 0 Å². The molecule has 0 unspecified atom stereocenters. The molecule has 0 N–H and O–H groups in total. The summed E-state index contributed by atoms with van der Waals surface area (Å²) in [5.41, 5.74) is 2.35. The zero-order valence-corrected chi connectivity index (χ0v) is 6.86. The van der Waals surface area contributed by atoms with Crippen LogP contribution in [0.5, 0.6) is 0 Å². The molecule has 1 rings (SSSR count). The predicted octanol–water partition coefficient (Wildman–Crippen LogP) is 2.93. The first-order valence-electron chi connectivity index (χ1n) is 3.16. The molecule has 0 aliphatic carbocycles. The number of hydrogen-bond acceptors (Lipinski definition) is 1. The molecule has 0 radical (unpaired) electrons. The van der Waals surface area contributed by atoms with Crippen LogP contribution in [0.15, 0.2) is 29.7 Å². The van der Waals surface area contributed by atoms with Crippen LogP contribution in [0.3, 0.4) is 0 Å². The molecule has 0 aromatic heterocycles. The van der Waals surface area contributed by atoms with Crippen molar-refractivity contribution in [1.82, 2.24) is 0 Å². The molecule has 0 saturated heterocycles. The molecule has 0 aliphatic rings. The van der Waals surface area contributed by atoms with Crippen molar-refractivity contribution in [2.45, 2.75) is 11.8 Å². The summed E-state index contributed by atoms with van der Waals surface area (Å²) in [6.45, 7) is 5.74. The second kappa shape index (κ2) is 2.93. The molecule has 0 fully saturated rings. The van der Waals surface area contributed by atoms with Gasteiger partial charge in [0.25, 0.3) is 0 Å². The van der Waals surface area contributed by atoms with Gasteiger partial charge in [0.05, 0.1) is 0 Å². The Balaban J connectivity index is 3.27. The highest BCUT2D eigenvalue weighted by Gasteiger charge is 1.94. The topological polar surface area (TPSA) is 0 Å². The number of rotatable bonds is 1. The van der Waals surface area contributed by atoms with Gasteiger partial charge >= 0.3 is 0 Å². The molecule has 0 spiro atoms. The highest BCUT2D eigenvalue weighted by Crippen LogP contribution is 2.17. The van der Waals surface area contributed by atoms with Crippen LogP contribution in [0.4, 0.5) is 0 Å². The maximum absolute atomic E-state index is 4.27. The van der Waals surface area contributed by atoms with E-state index in [0.717, 1.165) is 10.5 Å². The lowest BCUT2D eigenvalue weighted by molar-refractivity contribution is 1.30. The van der Waals surface area contributed by atoms with Crippen LogP contribution in [0.1, 0.15) is 11.1 Å². The van der Waals surface area contributed by atoms with Gasteiger partial charge in [-0.15, -0.1) is 12.6 Å². The Morgan fingerprint density at radius 1 is 1.50 bits per heavy atom. The van der Waals surface area contributed by atoms with Gasteiger partial charge in [-0.2, -0.15) is 0 Å². The molecule has 0 aliphatic heterocycles. The number of hydrogen-bond donors (Lipinski definition) is 1. The van der Waals surface area contributed by atoms with Gasteiger partial charge in [-0.25, -0.2) is 0 Å². The highest BCUT2D eigenvalue weighted by molar-refractivity contribution is 7.80. The van der Waals surface area contributed by atoms with Gasteiger partial charge in [-0.3, -0.25) is 0 Å². The van der Waals surface area contributed by atoms with E-state index >= 15 is 0 Å². The summed E-state index contributed by atoms with van der Waals surface area (Å²) in [5, 5.41) is 0. The minimum absolute atomic E-state index is 1.03. The van der Waals surface area contributed by atoms with Crippen LogP contribution in [0.25, 0.3) is 6.08 Å². The van der Waals surface area contributed by atoms with E-state index in [1.54, 1.807) is 0 Å². The molecule has 0 saturated carbocycles. The van der Waals surface area contributed by atoms with E-state index in [4.69, 9.17) is 0 Å². The van der Waals surface area contributed by atoms with Crippen molar-refractivity contribution >= 4 is 18.7 Å². The molecule has 10 heavy (non-hydrogen) atoms. The Kier molecular flexibility index (Phi) is 2.17. The van der Waals surface area contributed by atoms with Crippen LogP contribution >= 0.6 is 12.6 Å². The third-order valence-corrected chi connectivity index (χ3v) is 2.05. The zero-order valence-electron chi connectivity index (χ0n) is 5.96. The molecule has 0 bridgehead atoms. The fourth-order valence-electron chi connectivity index (χ4n) is 0.862. The summed E-state index contributed by atoms with van der Waals surface area (Å²) < 4.78 is 0. The quantitative estimate of drug-likeness (QED) is 0.585. The molecule has 1 heteroatoms. The Morgan fingerprint density at radius 3 is 2.70 bits per heavy atom. The molecular weight excluding hydrogens is 140 g/mol. The fourth-order valence-corrected chi connectivity index (χ4v) is 1.08. The summed E-state index contributed by atoms with van der Waals surface area (Å²) in [6.07, 6.45) is 1.84. The van der Waals surface area contributed by atoms with Gasteiger partial charge < -0.3 is 0 Å². The first-order valence-corrected chi connectivity index (χ1v) is 3.61. The largest absolute Gasteiger partial charge is 0.143 e. The first-order chi connectivity index (χ1) is 4.75. The van der Waals surface area contributed by atoms with Crippen molar-refractivity contribution < 1.29 is 0 Å². The van der Waals surface area contributed by atoms with Crippen LogP contribution in [0, 0.1) is 6.92 Å². The van der Waals surface area contributed by atoms with E-state index in [0.29, 0.717) is 0 Å². The number of benzene rings is 1. The summed E-state index contributed by atoms with van der Waals surface area (Å²) in [4.78, 5) is 1.03. The Bertz CT molecular complexity index is 251. The molecule has 0 amide bonds. The van der Waals surface area contributed by atoms with E-state index in [2.05, 4.69) is 19.2 Å². The maximum atomic E-state index is 4.27. The molecule has 0 heterocycles. The van der Waals surface area contributed by atoms with Crippen LogP contribution in [0.2, 0.25) is 0 Å². The monoisotopic (exact) mass is 150 g/mol. The maximum Gasteiger partial charge on any atom is 0.00751 e. The molecule has 1 aromatic carbocycles. The minimum Gasteiger partial charge on any atom is -0.143 e. The average Bonchev–Trinajstić information content (AvgIpc) is 1.95. The van der Waals surface area contributed by atoms with Crippen molar-refractivity contribution in [3.8, 4) is 0 Å². The molecule has 1 aromatic rings. The summed E-state index contributed by atoms with van der Waals surface area (Å²) in [5.74, 6) is 0. The lowest BCUT2D eigenvalue weighted by atomic mass is 10.1. The van der Waals surface area contributed by atoms with Crippen molar-refractivity contribution in [3.63, 3.8) is 0 Å². The van der Waals surface area contributed by atoms with Crippen molar-refractivity contribution in [2.24, 2.45) is 0 Å². The third kappa shape index (κ3) is 1.24. The van der Waals surface area contributed by atoms with E-state index in [-0.39, 0.29) is 0 Å². The average molecular weight is 150 g/mol. The molecular formula is C9H10S. The predicted molar refractivity (Wildman–Crippen MR) is 48.5 cm³/mol. The Morgan fingerprint density at radius 2 is 2.20 bits per heavy atom. The van der Waals surface area contributed by atoms with Crippen LogP contribution in [-0.2, 0) is 0 Å². The fraction of sp³-hybridized carbons (Fsp3) is 0.111. The normalized spacial score (nSPS) is 9.40. The lowest BCUT2D eigenvalue weighted by Crippen LogP contribution is -1.80. The van der Waals surface area contributed by atoms with Gasteiger partial charge in [0.15, 0.2) is 0 Å². The molecule has 52 valence electrons. The van der Waals surface area contributed by atoms with Gasteiger partial charge in [0.2, 0.25) is 0 Å². The first kappa shape index (κ1) is 7.42. The van der Waals surface area contributed by atoms with E-state index in [9.17, 15) is 0 Å². The number of thiol groups is 1.